The normalized spacial score (nSPS) is 17.7. The summed E-state index contributed by atoms with van der Waals surface area (Å²) in [6, 6.07) is 3.28. The van der Waals surface area contributed by atoms with E-state index >= 15 is 0 Å². The van der Waals surface area contributed by atoms with Gasteiger partial charge in [0.15, 0.2) is 5.82 Å². The van der Waals surface area contributed by atoms with Gasteiger partial charge < -0.3 is 14.4 Å². The highest BCUT2D eigenvalue weighted by Crippen LogP contribution is 2.29. The lowest BCUT2D eigenvalue weighted by atomic mass is 10.2. The van der Waals surface area contributed by atoms with E-state index in [0.29, 0.717) is 18.1 Å². The minimum Gasteiger partial charge on any atom is -0.478 e. The SMILES string of the molecule is O=C(O)c1cnc(C2CCCN2C(=O)/C=C/c2ccco2)nc1. The number of likely N-dealkylation sites (tertiary alicyclic amines) is 1. The second-order valence-corrected chi connectivity index (χ2v) is 5.17. The molecule has 1 atom stereocenters. The molecule has 0 radical (unpaired) electrons. The molecule has 118 valence electrons. The van der Waals surface area contributed by atoms with Crippen molar-refractivity contribution in [2.24, 2.45) is 0 Å². The van der Waals surface area contributed by atoms with Gasteiger partial charge in [0.1, 0.15) is 5.76 Å². The second-order valence-electron chi connectivity index (χ2n) is 5.17. The van der Waals surface area contributed by atoms with E-state index in [9.17, 15) is 9.59 Å². The molecule has 1 aliphatic rings. The maximum atomic E-state index is 12.3. The summed E-state index contributed by atoms with van der Waals surface area (Å²) in [5, 5.41) is 8.88. The molecule has 1 amide bonds. The Morgan fingerprint density at radius 3 is 2.78 bits per heavy atom. The lowest BCUT2D eigenvalue weighted by Gasteiger charge is -2.22. The molecule has 3 rings (SSSR count). The van der Waals surface area contributed by atoms with Crippen LogP contribution in [0.1, 0.15) is 40.8 Å². The van der Waals surface area contributed by atoms with E-state index in [-0.39, 0.29) is 17.5 Å². The summed E-state index contributed by atoms with van der Waals surface area (Å²) >= 11 is 0. The number of nitrogens with zero attached hydrogens (tertiary/aromatic N) is 3. The summed E-state index contributed by atoms with van der Waals surface area (Å²) in [6.07, 6.45) is 8.77. The molecule has 23 heavy (non-hydrogen) atoms. The van der Waals surface area contributed by atoms with Gasteiger partial charge in [0.05, 0.1) is 17.9 Å². The lowest BCUT2D eigenvalue weighted by Crippen LogP contribution is -2.30. The van der Waals surface area contributed by atoms with E-state index in [4.69, 9.17) is 9.52 Å². The highest BCUT2D eigenvalue weighted by atomic mass is 16.4. The number of carbonyl (C=O) groups excluding carboxylic acids is 1. The maximum Gasteiger partial charge on any atom is 0.338 e. The Balaban J connectivity index is 1.74. The highest BCUT2D eigenvalue weighted by molar-refractivity contribution is 5.92. The molecule has 0 bridgehead atoms. The van der Waals surface area contributed by atoms with Crippen LogP contribution in [-0.2, 0) is 4.79 Å². The Kier molecular flexibility index (Phi) is 4.18. The van der Waals surface area contributed by atoms with Gasteiger partial charge in [-0.1, -0.05) is 0 Å². The summed E-state index contributed by atoms with van der Waals surface area (Å²) in [6.45, 7) is 0.621. The average Bonchev–Trinajstić information content (AvgIpc) is 3.24. The monoisotopic (exact) mass is 313 g/mol. The predicted octanol–water partition coefficient (Wildman–Crippen LogP) is 2.14. The first-order valence-electron chi connectivity index (χ1n) is 7.22. The van der Waals surface area contributed by atoms with E-state index in [2.05, 4.69) is 9.97 Å². The summed E-state index contributed by atoms with van der Waals surface area (Å²) in [7, 11) is 0. The third-order valence-electron chi connectivity index (χ3n) is 3.69. The fourth-order valence-corrected chi connectivity index (χ4v) is 2.55. The van der Waals surface area contributed by atoms with Gasteiger partial charge in [-0.25, -0.2) is 14.8 Å². The molecule has 2 aromatic rings. The number of furan rings is 1. The number of hydrogen-bond donors (Lipinski definition) is 1. The molecule has 3 heterocycles. The average molecular weight is 313 g/mol. The van der Waals surface area contributed by atoms with Crippen molar-refractivity contribution in [1.29, 1.82) is 0 Å². The molecule has 0 aromatic carbocycles. The number of carbonyl (C=O) groups is 2. The van der Waals surface area contributed by atoms with Crippen LogP contribution in [-0.4, -0.2) is 38.4 Å². The fourth-order valence-electron chi connectivity index (χ4n) is 2.55. The van der Waals surface area contributed by atoms with Gasteiger partial charge in [-0.3, -0.25) is 4.79 Å². The summed E-state index contributed by atoms with van der Waals surface area (Å²) in [4.78, 5) is 33.1. The molecule has 7 heteroatoms. The number of aromatic nitrogens is 2. The molecule has 7 nitrogen and oxygen atoms in total. The van der Waals surface area contributed by atoms with Crippen LogP contribution in [0.25, 0.3) is 6.08 Å². The Morgan fingerprint density at radius 2 is 2.13 bits per heavy atom. The van der Waals surface area contributed by atoms with E-state index in [1.807, 2.05) is 0 Å². The van der Waals surface area contributed by atoms with Crippen LogP contribution in [0.5, 0.6) is 0 Å². The van der Waals surface area contributed by atoms with Crippen molar-refractivity contribution >= 4 is 18.0 Å². The zero-order valence-corrected chi connectivity index (χ0v) is 12.3. The molecule has 1 saturated heterocycles. The first kappa shape index (κ1) is 15.0. The van der Waals surface area contributed by atoms with E-state index < -0.39 is 5.97 Å². The maximum absolute atomic E-state index is 12.3. The summed E-state index contributed by atoms with van der Waals surface area (Å²) in [5.41, 5.74) is 0.0299. The third kappa shape index (κ3) is 3.28. The number of carboxylic acid groups (broad SMARTS) is 1. The summed E-state index contributed by atoms with van der Waals surface area (Å²) in [5.74, 6) is -0.143. The molecule has 1 fully saturated rings. The molecule has 1 aliphatic heterocycles. The van der Waals surface area contributed by atoms with Gasteiger partial charge in [-0.2, -0.15) is 0 Å². The van der Waals surface area contributed by atoms with E-state index in [1.54, 1.807) is 29.4 Å². The van der Waals surface area contributed by atoms with Crippen molar-refractivity contribution in [3.05, 3.63) is 54.0 Å². The van der Waals surface area contributed by atoms with Crippen LogP contribution >= 0.6 is 0 Å². The molecule has 0 aliphatic carbocycles. The Bertz CT molecular complexity index is 722. The van der Waals surface area contributed by atoms with Crippen molar-refractivity contribution in [2.45, 2.75) is 18.9 Å². The Hall–Kier alpha value is -2.96. The molecular formula is C16H15N3O4. The van der Waals surface area contributed by atoms with Crippen LogP contribution in [0, 0.1) is 0 Å². The van der Waals surface area contributed by atoms with Crippen molar-refractivity contribution in [3.8, 4) is 0 Å². The van der Waals surface area contributed by atoms with Crippen LogP contribution in [0.15, 0.2) is 41.3 Å². The molecular weight excluding hydrogens is 298 g/mol. The van der Waals surface area contributed by atoms with Crippen LogP contribution in [0.4, 0.5) is 0 Å². The highest BCUT2D eigenvalue weighted by Gasteiger charge is 2.30. The quantitative estimate of drug-likeness (QED) is 0.869. The zero-order valence-electron chi connectivity index (χ0n) is 12.3. The second kappa shape index (κ2) is 6.43. The van der Waals surface area contributed by atoms with Gasteiger partial charge in [-0.15, -0.1) is 0 Å². The minimum atomic E-state index is -1.07. The zero-order chi connectivity index (χ0) is 16.2. The largest absolute Gasteiger partial charge is 0.478 e. The predicted molar refractivity (Wildman–Crippen MR) is 80.4 cm³/mol. The first-order valence-corrected chi connectivity index (χ1v) is 7.22. The van der Waals surface area contributed by atoms with E-state index in [0.717, 1.165) is 12.8 Å². The standard InChI is InChI=1S/C16H15N3O4/c20-14(6-5-12-3-2-8-23-12)19-7-1-4-13(19)15-17-9-11(10-18-15)16(21)22/h2-3,5-6,8-10,13H,1,4,7H2,(H,21,22)/b6-5+. The molecule has 2 aromatic heterocycles. The van der Waals surface area contributed by atoms with Crippen molar-refractivity contribution in [2.75, 3.05) is 6.54 Å². The van der Waals surface area contributed by atoms with Gasteiger partial charge in [0.25, 0.3) is 0 Å². The van der Waals surface area contributed by atoms with Crippen LogP contribution in [0.2, 0.25) is 0 Å². The fraction of sp³-hybridized carbons (Fsp3) is 0.250. The van der Waals surface area contributed by atoms with Gasteiger partial charge in [-0.05, 0) is 31.1 Å². The first-order chi connectivity index (χ1) is 11.1. The number of amides is 1. The lowest BCUT2D eigenvalue weighted by molar-refractivity contribution is -0.127. The van der Waals surface area contributed by atoms with Crippen molar-refractivity contribution in [3.63, 3.8) is 0 Å². The van der Waals surface area contributed by atoms with Crippen LogP contribution < -0.4 is 0 Å². The van der Waals surface area contributed by atoms with Gasteiger partial charge >= 0.3 is 5.97 Å². The minimum absolute atomic E-state index is 0.0299. The third-order valence-corrected chi connectivity index (χ3v) is 3.69. The molecule has 0 spiro atoms. The van der Waals surface area contributed by atoms with Crippen LogP contribution in [0.3, 0.4) is 0 Å². The number of aromatic carboxylic acids is 1. The topological polar surface area (TPSA) is 96.5 Å². The van der Waals surface area contributed by atoms with Crippen molar-refractivity contribution in [1.82, 2.24) is 14.9 Å². The Morgan fingerprint density at radius 1 is 1.35 bits per heavy atom. The smallest absolute Gasteiger partial charge is 0.338 e. The number of rotatable bonds is 4. The summed E-state index contributed by atoms with van der Waals surface area (Å²) < 4.78 is 5.16. The van der Waals surface area contributed by atoms with E-state index in [1.165, 1.54) is 18.5 Å². The van der Waals surface area contributed by atoms with Gasteiger partial charge in [0.2, 0.25) is 5.91 Å². The molecule has 1 N–H and O–H groups in total. The molecule has 0 saturated carbocycles. The molecule has 1 unspecified atom stereocenters. The number of carboxylic acids is 1. The van der Waals surface area contributed by atoms with Gasteiger partial charge in [0, 0.05) is 25.0 Å². The van der Waals surface area contributed by atoms with Crippen molar-refractivity contribution < 1.29 is 19.1 Å². The Labute approximate surface area is 132 Å². The number of hydrogen-bond acceptors (Lipinski definition) is 5.